The highest BCUT2D eigenvalue weighted by molar-refractivity contribution is 7.08. The molecule has 1 heterocycles. The van der Waals surface area contributed by atoms with Crippen molar-refractivity contribution in [2.24, 2.45) is 5.84 Å². The van der Waals surface area contributed by atoms with Crippen molar-refractivity contribution in [3.63, 3.8) is 0 Å². The Bertz CT molecular complexity index is 465. The highest BCUT2D eigenvalue weighted by atomic mass is 32.1. The quantitative estimate of drug-likeness (QED) is 0.643. The van der Waals surface area contributed by atoms with Gasteiger partial charge in [-0.1, -0.05) is 12.1 Å². The number of hydrogen-bond donors (Lipinski definition) is 2. The zero-order valence-corrected chi connectivity index (χ0v) is 11.4. The number of nitrogens with two attached hydrogens (primary N) is 1. The Hall–Kier alpha value is -1.36. The van der Waals surface area contributed by atoms with Crippen LogP contribution in [0.2, 0.25) is 0 Å². The fourth-order valence-electron chi connectivity index (χ4n) is 1.84. The van der Waals surface area contributed by atoms with Crippen molar-refractivity contribution in [2.45, 2.75) is 26.0 Å². The Balaban J connectivity index is 2.17. The molecule has 18 heavy (non-hydrogen) atoms. The van der Waals surface area contributed by atoms with Gasteiger partial charge in [-0.3, -0.25) is 5.84 Å². The minimum atomic E-state index is 0.0318. The van der Waals surface area contributed by atoms with Gasteiger partial charge in [0.2, 0.25) is 0 Å². The average molecular weight is 262 g/mol. The summed E-state index contributed by atoms with van der Waals surface area (Å²) in [6.07, 6.45) is 0.191. The topological polar surface area (TPSA) is 47.3 Å². The van der Waals surface area contributed by atoms with E-state index in [0.717, 1.165) is 11.3 Å². The van der Waals surface area contributed by atoms with Gasteiger partial charge >= 0.3 is 0 Å². The Labute approximate surface area is 112 Å². The molecule has 4 heteroatoms. The largest absolute Gasteiger partial charge is 0.491 e. The Kier molecular flexibility index (Phi) is 4.36. The van der Waals surface area contributed by atoms with E-state index in [1.54, 1.807) is 11.3 Å². The maximum absolute atomic E-state index is 5.64. The molecular weight excluding hydrogens is 244 g/mol. The van der Waals surface area contributed by atoms with Crippen LogP contribution in [0.1, 0.15) is 31.0 Å². The summed E-state index contributed by atoms with van der Waals surface area (Å²) < 4.78 is 5.62. The Morgan fingerprint density at radius 1 is 1.11 bits per heavy atom. The predicted octanol–water partition coefficient (Wildman–Crippen LogP) is 3.09. The van der Waals surface area contributed by atoms with Gasteiger partial charge < -0.3 is 4.74 Å². The first-order valence-corrected chi connectivity index (χ1v) is 6.90. The maximum Gasteiger partial charge on any atom is 0.119 e. The fraction of sp³-hybridized carbons (Fsp3) is 0.286. The second-order valence-electron chi connectivity index (χ2n) is 4.39. The first-order chi connectivity index (χ1) is 8.70. The molecule has 3 N–H and O–H groups in total. The molecular formula is C14H18N2OS. The molecule has 0 aliphatic heterocycles. The lowest BCUT2D eigenvalue weighted by molar-refractivity contribution is 0.242. The molecule has 0 fully saturated rings. The van der Waals surface area contributed by atoms with Crippen molar-refractivity contribution < 1.29 is 4.74 Å². The number of ether oxygens (including phenoxy) is 1. The van der Waals surface area contributed by atoms with E-state index >= 15 is 0 Å². The summed E-state index contributed by atoms with van der Waals surface area (Å²) in [7, 11) is 0. The third-order valence-corrected chi connectivity index (χ3v) is 3.33. The van der Waals surface area contributed by atoms with E-state index < -0.39 is 0 Å². The van der Waals surface area contributed by atoms with Crippen molar-refractivity contribution in [1.29, 1.82) is 0 Å². The van der Waals surface area contributed by atoms with Crippen LogP contribution >= 0.6 is 11.3 Å². The molecule has 0 amide bonds. The summed E-state index contributed by atoms with van der Waals surface area (Å²) in [6, 6.07) is 10.1. The molecule has 1 atom stereocenters. The second-order valence-corrected chi connectivity index (χ2v) is 5.17. The third-order valence-electron chi connectivity index (χ3n) is 2.63. The van der Waals surface area contributed by atoms with Gasteiger partial charge in [0.05, 0.1) is 12.1 Å². The lowest BCUT2D eigenvalue weighted by Crippen LogP contribution is -2.28. The first kappa shape index (κ1) is 13.1. The molecule has 1 aromatic heterocycles. The van der Waals surface area contributed by atoms with Crippen LogP contribution in [0.4, 0.5) is 0 Å². The molecule has 0 saturated heterocycles. The van der Waals surface area contributed by atoms with Gasteiger partial charge in [0, 0.05) is 0 Å². The zero-order valence-electron chi connectivity index (χ0n) is 10.6. The van der Waals surface area contributed by atoms with Gasteiger partial charge in [-0.2, -0.15) is 11.3 Å². The Morgan fingerprint density at radius 2 is 1.83 bits per heavy atom. The number of rotatable bonds is 5. The van der Waals surface area contributed by atoms with E-state index in [1.165, 1.54) is 5.56 Å². The van der Waals surface area contributed by atoms with Gasteiger partial charge in [0.1, 0.15) is 5.75 Å². The summed E-state index contributed by atoms with van der Waals surface area (Å²) in [5, 5.41) is 4.15. The van der Waals surface area contributed by atoms with Crippen LogP contribution in [0.3, 0.4) is 0 Å². The molecule has 2 aromatic rings. The van der Waals surface area contributed by atoms with Crippen molar-refractivity contribution in [3.05, 3.63) is 52.2 Å². The third kappa shape index (κ3) is 3.10. The summed E-state index contributed by atoms with van der Waals surface area (Å²) in [6.45, 7) is 4.03. The van der Waals surface area contributed by atoms with Gasteiger partial charge in [-0.25, -0.2) is 5.43 Å². The van der Waals surface area contributed by atoms with Crippen molar-refractivity contribution in [1.82, 2.24) is 5.43 Å². The van der Waals surface area contributed by atoms with Gasteiger partial charge in [-0.15, -0.1) is 0 Å². The van der Waals surface area contributed by atoms with E-state index in [0.29, 0.717) is 0 Å². The molecule has 3 nitrogen and oxygen atoms in total. The van der Waals surface area contributed by atoms with E-state index in [1.807, 2.05) is 38.1 Å². The lowest BCUT2D eigenvalue weighted by Gasteiger charge is -2.16. The Morgan fingerprint density at radius 3 is 2.33 bits per heavy atom. The average Bonchev–Trinajstić information content (AvgIpc) is 2.85. The van der Waals surface area contributed by atoms with Gasteiger partial charge in [0.25, 0.3) is 0 Å². The van der Waals surface area contributed by atoms with Crippen molar-refractivity contribution in [2.75, 3.05) is 0 Å². The van der Waals surface area contributed by atoms with Crippen LogP contribution in [0, 0.1) is 0 Å². The van der Waals surface area contributed by atoms with Crippen LogP contribution in [-0.4, -0.2) is 6.10 Å². The highest BCUT2D eigenvalue weighted by Gasteiger charge is 2.12. The van der Waals surface area contributed by atoms with E-state index in [4.69, 9.17) is 10.6 Å². The molecule has 0 spiro atoms. The fourth-order valence-corrected chi connectivity index (χ4v) is 2.52. The predicted molar refractivity (Wildman–Crippen MR) is 75.7 cm³/mol. The molecule has 1 unspecified atom stereocenters. The number of nitrogens with one attached hydrogen (secondary N) is 1. The molecule has 0 saturated carbocycles. The number of benzene rings is 1. The van der Waals surface area contributed by atoms with Crippen LogP contribution < -0.4 is 16.0 Å². The normalized spacial score (nSPS) is 12.7. The molecule has 1 aromatic carbocycles. The monoisotopic (exact) mass is 262 g/mol. The highest BCUT2D eigenvalue weighted by Crippen LogP contribution is 2.25. The number of hydrazine groups is 1. The molecule has 96 valence electrons. The molecule has 0 radical (unpaired) electrons. The minimum Gasteiger partial charge on any atom is -0.491 e. The van der Waals surface area contributed by atoms with E-state index in [-0.39, 0.29) is 12.1 Å². The summed E-state index contributed by atoms with van der Waals surface area (Å²) in [4.78, 5) is 0. The number of hydrogen-bond acceptors (Lipinski definition) is 4. The number of thiophene rings is 1. The summed E-state index contributed by atoms with van der Waals surface area (Å²) in [5.74, 6) is 6.52. The van der Waals surface area contributed by atoms with E-state index in [9.17, 15) is 0 Å². The van der Waals surface area contributed by atoms with Crippen molar-refractivity contribution >= 4 is 11.3 Å². The first-order valence-electron chi connectivity index (χ1n) is 5.95. The molecule has 2 rings (SSSR count). The smallest absolute Gasteiger partial charge is 0.119 e. The van der Waals surface area contributed by atoms with Crippen LogP contribution in [0.5, 0.6) is 5.75 Å². The van der Waals surface area contributed by atoms with Crippen LogP contribution in [0.15, 0.2) is 41.1 Å². The lowest BCUT2D eigenvalue weighted by atomic mass is 10.0. The van der Waals surface area contributed by atoms with E-state index in [2.05, 4.69) is 22.3 Å². The second kappa shape index (κ2) is 6.00. The summed E-state index contributed by atoms with van der Waals surface area (Å²) >= 11 is 1.67. The van der Waals surface area contributed by atoms with Crippen LogP contribution in [-0.2, 0) is 0 Å². The summed E-state index contributed by atoms with van der Waals surface area (Å²) in [5.41, 5.74) is 5.16. The standard InChI is InChI=1S/C14H18N2OS/c1-10(2)17-13-5-3-11(4-6-13)14(16-15)12-7-8-18-9-12/h3-10,14,16H,15H2,1-2H3. The van der Waals surface area contributed by atoms with Crippen molar-refractivity contribution in [3.8, 4) is 5.75 Å². The SMILES string of the molecule is CC(C)Oc1ccc(C(NN)c2ccsc2)cc1. The molecule has 0 aliphatic rings. The molecule has 0 aliphatic carbocycles. The maximum atomic E-state index is 5.64. The minimum absolute atomic E-state index is 0.0318. The van der Waals surface area contributed by atoms with Gasteiger partial charge in [0.15, 0.2) is 0 Å². The van der Waals surface area contributed by atoms with Gasteiger partial charge in [-0.05, 0) is 53.9 Å². The molecule has 0 bridgehead atoms. The zero-order chi connectivity index (χ0) is 13.0. The van der Waals surface area contributed by atoms with Crippen LogP contribution in [0.25, 0.3) is 0 Å².